The lowest BCUT2D eigenvalue weighted by Gasteiger charge is -2.49. The molecule has 1 aliphatic rings. The maximum atomic E-state index is 11.9. The van der Waals surface area contributed by atoms with E-state index in [4.69, 9.17) is 0 Å². The van der Waals surface area contributed by atoms with Crippen molar-refractivity contribution in [3.8, 4) is 0 Å². The number of hydrogen-bond donors (Lipinski definition) is 3. The van der Waals surface area contributed by atoms with Gasteiger partial charge in [-0.3, -0.25) is 9.36 Å². The van der Waals surface area contributed by atoms with E-state index >= 15 is 0 Å². The summed E-state index contributed by atoms with van der Waals surface area (Å²) >= 11 is 0. The second-order valence-corrected chi connectivity index (χ2v) is 8.06. The Bertz CT molecular complexity index is 390. The number of carboxylic acid groups (broad SMARTS) is 1. The second-order valence-electron chi connectivity index (χ2n) is 6.41. The molecule has 1 unspecified atom stereocenters. The van der Waals surface area contributed by atoms with Gasteiger partial charge in [-0.1, -0.05) is 34.1 Å². The van der Waals surface area contributed by atoms with Crippen molar-refractivity contribution < 1.29 is 24.3 Å². The maximum Gasteiger partial charge on any atom is 0.326 e. The SMILES string of the molecule is CC(C)C1(C(C)C)CCCC1(CP(=O)(O)O)C(=O)O. The topological polar surface area (TPSA) is 94.8 Å². The fourth-order valence-electron chi connectivity index (χ4n) is 4.46. The number of carboxylic acids is 1. The highest BCUT2D eigenvalue weighted by atomic mass is 31.2. The molecule has 0 aromatic rings. The minimum Gasteiger partial charge on any atom is -0.481 e. The van der Waals surface area contributed by atoms with Crippen molar-refractivity contribution in [3.05, 3.63) is 0 Å². The van der Waals surface area contributed by atoms with Crippen LogP contribution in [0.1, 0.15) is 47.0 Å². The summed E-state index contributed by atoms with van der Waals surface area (Å²) < 4.78 is 11.5. The van der Waals surface area contributed by atoms with Crippen LogP contribution in [0.5, 0.6) is 0 Å². The molecule has 0 saturated heterocycles. The molecule has 0 bridgehead atoms. The minimum absolute atomic E-state index is 0.0673. The van der Waals surface area contributed by atoms with Gasteiger partial charge >= 0.3 is 13.6 Å². The summed E-state index contributed by atoms with van der Waals surface area (Å²) in [6, 6.07) is 0. The standard InChI is InChI=1S/C13H25O5P/c1-9(2)13(10(3)4)7-5-6-12(13,11(14)15)8-19(16,17)18/h9-10H,5-8H2,1-4H3,(H,14,15)(H2,16,17,18). The zero-order chi connectivity index (χ0) is 15.1. The van der Waals surface area contributed by atoms with E-state index in [1.165, 1.54) is 0 Å². The van der Waals surface area contributed by atoms with Gasteiger partial charge in [-0.25, -0.2) is 0 Å². The van der Waals surface area contributed by atoms with Crippen LogP contribution in [0.4, 0.5) is 0 Å². The third-order valence-corrected chi connectivity index (χ3v) is 5.98. The van der Waals surface area contributed by atoms with E-state index in [0.717, 1.165) is 0 Å². The fourth-order valence-corrected chi connectivity index (χ4v) is 5.75. The third kappa shape index (κ3) is 2.61. The quantitative estimate of drug-likeness (QED) is 0.677. The molecule has 0 amide bonds. The highest BCUT2D eigenvalue weighted by molar-refractivity contribution is 7.51. The van der Waals surface area contributed by atoms with Gasteiger partial charge in [-0.05, 0) is 30.1 Å². The zero-order valence-electron chi connectivity index (χ0n) is 12.1. The first-order valence-electron chi connectivity index (χ1n) is 6.77. The number of carbonyl (C=O) groups is 1. The van der Waals surface area contributed by atoms with Crippen molar-refractivity contribution in [2.24, 2.45) is 22.7 Å². The van der Waals surface area contributed by atoms with Crippen molar-refractivity contribution >= 4 is 13.6 Å². The Hall–Kier alpha value is -0.380. The Morgan fingerprint density at radius 2 is 1.63 bits per heavy atom. The highest BCUT2D eigenvalue weighted by Crippen LogP contribution is 2.65. The van der Waals surface area contributed by atoms with Gasteiger partial charge in [0.1, 0.15) is 0 Å². The number of rotatable bonds is 5. The Morgan fingerprint density at radius 1 is 1.16 bits per heavy atom. The zero-order valence-corrected chi connectivity index (χ0v) is 13.0. The summed E-state index contributed by atoms with van der Waals surface area (Å²) in [5, 5.41) is 9.72. The summed E-state index contributed by atoms with van der Waals surface area (Å²) in [6.07, 6.45) is 1.23. The molecule has 1 aliphatic carbocycles. The molecule has 0 aromatic carbocycles. The van der Waals surface area contributed by atoms with Crippen LogP contribution in [0.15, 0.2) is 0 Å². The molecule has 1 fully saturated rings. The molecule has 1 rings (SSSR count). The average Bonchev–Trinajstić information content (AvgIpc) is 2.56. The predicted molar refractivity (Wildman–Crippen MR) is 72.9 cm³/mol. The van der Waals surface area contributed by atoms with E-state index in [0.29, 0.717) is 19.3 Å². The Labute approximate surface area is 114 Å². The number of aliphatic carboxylic acids is 1. The van der Waals surface area contributed by atoms with Crippen LogP contribution in [-0.2, 0) is 9.36 Å². The Kier molecular flexibility index (Phi) is 4.56. The minimum atomic E-state index is -4.37. The molecule has 0 spiro atoms. The lowest BCUT2D eigenvalue weighted by Crippen LogP contribution is -2.52. The fraction of sp³-hybridized carbons (Fsp3) is 0.923. The van der Waals surface area contributed by atoms with Crippen LogP contribution in [0.2, 0.25) is 0 Å². The molecular formula is C13H25O5P. The van der Waals surface area contributed by atoms with Crippen molar-refractivity contribution in [2.75, 3.05) is 6.16 Å². The summed E-state index contributed by atoms with van der Waals surface area (Å²) in [7, 11) is -4.37. The van der Waals surface area contributed by atoms with Gasteiger partial charge in [-0.15, -0.1) is 0 Å². The smallest absolute Gasteiger partial charge is 0.326 e. The average molecular weight is 292 g/mol. The molecule has 1 atom stereocenters. The van der Waals surface area contributed by atoms with Gasteiger partial charge in [0.05, 0.1) is 11.6 Å². The van der Waals surface area contributed by atoms with E-state index in [-0.39, 0.29) is 11.8 Å². The van der Waals surface area contributed by atoms with Crippen LogP contribution in [0.3, 0.4) is 0 Å². The van der Waals surface area contributed by atoms with Crippen LogP contribution in [0.25, 0.3) is 0 Å². The molecule has 3 N–H and O–H groups in total. The predicted octanol–water partition coefficient (Wildman–Crippen LogP) is 2.72. The number of hydrogen-bond acceptors (Lipinski definition) is 2. The van der Waals surface area contributed by atoms with E-state index in [1.807, 2.05) is 27.7 Å². The van der Waals surface area contributed by atoms with Gasteiger partial charge in [0.15, 0.2) is 0 Å². The van der Waals surface area contributed by atoms with Gasteiger partial charge < -0.3 is 14.9 Å². The molecular weight excluding hydrogens is 267 g/mol. The van der Waals surface area contributed by atoms with Crippen molar-refractivity contribution in [3.63, 3.8) is 0 Å². The Balaban J connectivity index is 3.43. The molecule has 19 heavy (non-hydrogen) atoms. The third-order valence-electron chi connectivity index (χ3n) is 5.03. The first kappa shape index (κ1) is 16.7. The lowest BCUT2D eigenvalue weighted by atomic mass is 9.55. The van der Waals surface area contributed by atoms with E-state index in [2.05, 4.69) is 0 Å². The first-order valence-corrected chi connectivity index (χ1v) is 8.57. The van der Waals surface area contributed by atoms with Gasteiger partial charge in [0.2, 0.25) is 0 Å². The highest BCUT2D eigenvalue weighted by Gasteiger charge is 2.63. The van der Waals surface area contributed by atoms with Crippen LogP contribution < -0.4 is 0 Å². The molecule has 5 nitrogen and oxygen atoms in total. The summed E-state index contributed by atoms with van der Waals surface area (Å²) in [4.78, 5) is 30.6. The Morgan fingerprint density at radius 3 is 1.95 bits per heavy atom. The van der Waals surface area contributed by atoms with Gasteiger partial charge in [-0.2, -0.15) is 0 Å². The first-order chi connectivity index (χ1) is 8.49. The van der Waals surface area contributed by atoms with Crippen LogP contribution >= 0.6 is 7.60 Å². The van der Waals surface area contributed by atoms with Crippen molar-refractivity contribution in [1.82, 2.24) is 0 Å². The van der Waals surface area contributed by atoms with E-state index in [1.54, 1.807) is 0 Å². The molecule has 0 heterocycles. The van der Waals surface area contributed by atoms with Crippen molar-refractivity contribution in [2.45, 2.75) is 47.0 Å². The molecule has 1 saturated carbocycles. The largest absolute Gasteiger partial charge is 0.481 e. The van der Waals surface area contributed by atoms with Gasteiger partial charge in [0, 0.05) is 0 Å². The monoisotopic (exact) mass is 292 g/mol. The van der Waals surface area contributed by atoms with Crippen LogP contribution in [0, 0.1) is 22.7 Å². The molecule has 0 aliphatic heterocycles. The van der Waals surface area contributed by atoms with Crippen LogP contribution in [-0.4, -0.2) is 27.0 Å². The summed E-state index contributed by atoms with van der Waals surface area (Å²) in [5.74, 6) is -0.925. The lowest BCUT2D eigenvalue weighted by molar-refractivity contribution is -0.160. The molecule has 112 valence electrons. The maximum absolute atomic E-state index is 11.9. The summed E-state index contributed by atoms with van der Waals surface area (Å²) in [6.45, 7) is 7.84. The second kappa shape index (κ2) is 5.19. The molecule has 0 radical (unpaired) electrons. The molecule has 6 heteroatoms. The molecule has 0 aromatic heterocycles. The summed E-state index contributed by atoms with van der Waals surface area (Å²) in [5.41, 5.74) is -1.87. The van der Waals surface area contributed by atoms with Crippen molar-refractivity contribution in [1.29, 1.82) is 0 Å². The van der Waals surface area contributed by atoms with Gasteiger partial charge in [0.25, 0.3) is 0 Å². The van der Waals surface area contributed by atoms with E-state index < -0.39 is 30.6 Å². The normalized spacial score (nSPS) is 27.2. The van der Waals surface area contributed by atoms with E-state index in [9.17, 15) is 24.3 Å².